The SMILES string of the molecule is NCC(=O)NC(Cc1c[nH]c2ccccc12)C(=O)NC(CC(=O)O)C(=O)NC(CO)C(=O)O. The summed E-state index contributed by atoms with van der Waals surface area (Å²) >= 11 is 0. The highest BCUT2D eigenvalue weighted by molar-refractivity contribution is 5.95. The molecule has 3 amide bonds. The van der Waals surface area contributed by atoms with Gasteiger partial charge in [-0.2, -0.15) is 0 Å². The van der Waals surface area contributed by atoms with Crippen LogP contribution in [0.2, 0.25) is 0 Å². The molecule has 33 heavy (non-hydrogen) atoms. The van der Waals surface area contributed by atoms with Crippen molar-refractivity contribution in [2.24, 2.45) is 5.73 Å². The van der Waals surface area contributed by atoms with Crippen molar-refractivity contribution < 1.29 is 39.3 Å². The van der Waals surface area contributed by atoms with E-state index in [1.54, 1.807) is 12.3 Å². The number of hydrogen-bond acceptors (Lipinski definition) is 7. The molecular weight excluding hydrogens is 438 g/mol. The molecule has 0 aliphatic rings. The van der Waals surface area contributed by atoms with Crippen molar-refractivity contribution in [3.63, 3.8) is 0 Å². The summed E-state index contributed by atoms with van der Waals surface area (Å²) in [6.45, 7) is -1.35. The van der Waals surface area contributed by atoms with Crippen LogP contribution >= 0.6 is 0 Å². The van der Waals surface area contributed by atoms with Gasteiger partial charge in [0.05, 0.1) is 19.6 Å². The number of amides is 3. The number of carboxylic acids is 2. The van der Waals surface area contributed by atoms with Gasteiger partial charge in [-0.1, -0.05) is 18.2 Å². The monoisotopic (exact) mass is 463 g/mol. The average molecular weight is 463 g/mol. The van der Waals surface area contributed by atoms with E-state index in [9.17, 15) is 24.0 Å². The molecule has 0 saturated carbocycles. The smallest absolute Gasteiger partial charge is 0.328 e. The number of aliphatic carboxylic acids is 2. The van der Waals surface area contributed by atoms with Gasteiger partial charge in [0, 0.05) is 23.5 Å². The largest absolute Gasteiger partial charge is 0.481 e. The predicted molar refractivity (Wildman–Crippen MR) is 114 cm³/mol. The lowest BCUT2D eigenvalue weighted by Gasteiger charge is -2.23. The minimum absolute atomic E-state index is 0.00259. The lowest BCUT2D eigenvalue weighted by atomic mass is 10.0. The fourth-order valence-electron chi connectivity index (χ4n) is 3.10. The van der Waals surface area contributed by atoms with Gasteiger partial charge in [0.1, 0.15) is 18.1 Å². The van der Waals surface area contributed by atoms with Gasteiger partial charge < -0.3 is 42.0 Å². The van der Waals surface area contributed by atoms with E-state index < -0.39 is 67.4 Å². The van der Waals surface area contributed by atoms with E-state index in [1.807, 2.05) is 23.5 Å². The van der Waals surface area contributed by atoms with Gasteiger partial charge in [-0.15, -0.1) is 0 Å². The Bertz CT molecular complexity index is 1040. The van der Waals surface area contributed by atoms with Gasteiger partial charge in [-0.25, -0.2) is 4.79 Å². The van der Waals surface area contributed by atoms with Crippen molar-refractivity contribution in [2.75, 3.05) is 13.2 Å². The third-order valence-corrected chi connectivity index (χ3v) is 4.74. The number of carbonyl (C=O) groups excluding carboxylic acids is 3. The second kappa shape index (κ2) is 11.6. The van der Waals surface area contributed by atoms with Crippen molar-refractivity contribution in [1.29, 1.82) is 0 Å². The average Bonchev–Trinajstić information content (AvgIpc) is 3.18. The Labute approximate surface area is 187 Å². The summed E-state index contributed by atoms with van der Waals surface area (Å²) in [6.07, 6.45) is 0.789. The first-order valence-corrected chi connectivity index (χ1v) is 9.86. The van der Waals surface area contributed by atoms with E-state index in [0.29, 0.717) is 5.56 Å². The zero-order valence-electron chi connectivity index (χ0n) is 17.4. The van der Waals surface area contributed by atoms with E-state index in [0.717, 1.165) is 10.9 Å². The van der Waals surface area contributed by atoms with Gasteiger partial charge in [0.25, 0.3) is 0 Å². The number of para-hydroxylation sites is 1. The van der Waals surface area contributed by atoms with Crippen molar-refractivity contribution in [3.8, 4) is 0 Å². The molecule has 9 N–H and O–H groups in total. The van der Waals surface area contributed by atoms with Crippen LogP contribution in [-0.4, -0.2) is 81.2 Å². The van der Waals surface area contributed by atoms with Crippen LogP contribution in [0.4, 0.5) is 0 Å². The number of H-pyrrole nitrogens is 1. The summed E-state index contributed by atoms with van der Waals surface area (Å²) in [5, 5.41) is 34.6. The number of aromatic nitrogens is 1. The number of hydrogen-bond donors (Lipinski definition) is 8. The number of aliphatic hydroxyl groups excluding tert-OH is 1. The minimum atomic E-state index is -1.69. The van der Waals surface area contributed by atoms with Crippen LogP contribution in [0.3, 0.4) is 0 Å². The van der Waals surface area contributed by atoms with E-state index in [1.165, 1.54) is 0 Å². The van der Waals surface area contributed by atoms with Crippen LogP contribution in [0, 0.1) is 0 Å². The maximum Gasteiger partial charge on any atom is 0.328 e. The van der Waals surface area contributed by atoms with Gasteiger partial charge in [-0.3, -0.25) is 19.2 Å². The zero-order chi connectivity index (χ0) is 24.5. The van der Waals surface area contributed by atoms with E-state index in [2.05, 4.69) is 15.6 Å². The van der Waals surface area contributed by atoms with Crippen molar-refractivity contribution in [2.45, 2.75) is 31.0 Å². The van der Waals surface area contributed by atoms with Crippen LogP contribution in [0.15, 0.2) is 30.5 Å². The molecule has 3 unspecified atom stereocenters. The van der Waals surface area contributed by atoms with Crippen LogP contribution < -0.4 is 21.7 Å². The zero-order valence-corrected chi connectivity index (χ0v) is 17.4. The number of nitrogens with two attached hydrogens (primary N) is 1. The first kappa shape index (κ1) is 25.3. The van der Waals surface area contributed by atoms with Crippen LogP contribution in [0.5, 0.6) is 0 Å². The molecule has 1 aromatic carbocycles. The molecule has 0 radical (unpaired) electrons. The molecule has 178 valence electrons. The molecular formula is C20H25N5O8. The van der Waals surface area contributed by atoms with Crippen molar-refractivity contribution >= 4 is 40.6 Å². The second-order valence-corrected chi connectivity index (χ2v) is 7.13. The topological polar surface area (TPSA) is 224 Å². The first-order chi connectivity index (χ1) is 15.7. The third kappa shape index (κ3) is 7.02. The molecule has 1 aromatic heterocycles. The molecule has 0 bridgehead atoms. The summed E-state index contributed by atoms with van der Waals surface area (Å²) in [5.74, 6) is -5.63. The lowest BCUT2D eigenvalue weighted by Crippen LogP contribution is -2.57. The fraction of sp³-hybridized carbons (Fsp3) is 0.350. The lowest BCUT2D eigenvalue weighted by molar-refractivity contribution is -0.144. The Morgan fingerprint density at radius 3 is 2.18 bits per heavy atom. The number of fused-ring (bicyclic) bond motifs is 1. The molecule has 0 fully saturated rings. The number of carboxylic acid groups (broad SMARTS) is 2. The third-order valence-electron chi connectivity index (χ3n) is 4.74. The van der Waals surface area contributed by atoms with Gasteiger partial charge >= 0.3 is 11.9 Å². The number of carbonyl (C=O) groups is 5. The van der Waals surface area contributed by atoms with Gasteiger partial charge in [-0.05, 0) is 11.6 Å². The highest BCUT2D eigenvalue weighted by atomic mass is 16.4. The summed E-state index contributed by atoms with van der Waals surface area (Å²) in [7, 11) is 0. The highest BCUT2D eigenvalue weighted by Crippen LogP contribution is 2.19. The molecule has 13 heteroatoms. The molecule has 0 aliphatic carbocycles. The number of aromatic amines is 1. The predicted octanol–water partition coefficient (Wildman–Crippen LogP) is -2.32. The number of nitrogens with one attached hydrogen (secondary N) is 4. The van der Waals surface area contributed by atoms with Crippen LogP contribution in [-0.2, 0) is 30.4 Å². The van der Waals surface area contributed by atoms with E-state index >= 15 is 0 Å². The van der Waals surface area contributed by atoms with Crippen molar-refractivity contribution in [3.05, 3.63) is 36.0 Å². The quantitative estimate of drug-likeness (QED) is 0.169. The molecule has 0 spiro atoms. The molecule has 3 atom stereocenters. The Hall–Kier alpha value is -3.97. The van der Waals surface area contributed by atoms with Gasteiger partial charge in [0.2, 0.25) is 17.7 Å². The Balaban J connectivity index is 2.24. The Morgan fingerprint density at radius 2 is 1.58 bits per heavy atom. The molecule has 2 rings (SSSR count). The Morgan fingerprint density at radius 1 is 0.939 bits per heavy atom. The molecule has 13 nitrogen and oxygen atoms in total. The van der Waals surface area contributed by atoms with Crippen LogP contribution in [0.1, 0.15) is 12.0 Å². The summed E-state index contributed by atoms with van der Waals surface area (Å²) < 4.78 is 0. The Kier molecular flexibility index (Phi) is 8.89. The number of aliphatic hydroxyl groups is 1. The normalized spacial score (nSPS) is 13.5. The first-order valence-electron chi connectivity index (χ1n) is 9.86. The summed E-state index contributed by atoms with van der Waals surface area (Å²) in [5.41, 5.74) is 6.80. The fourth-order valence-corrected chi connectivity index (χ4v) is 3.10. The molecule has 2 aromatic rings. The second-order valence-electron chi connectivity index (χ2n) is 7.13. The van der Waals surface area contributed by atoms with E-state index in [-0.39, 0.29) is 6.42 Å². The standard InChI is InChI=1S/C20H25N5O8/c21-7-16(27)23-13(5-10-8-22-12-4-2-1-3-11(10)12)18(30)24-14(6-17(28)29)19(31)25-15(9-26)20(32)33/h1-4,8,13-15,22,26H,5-7,9,21H2,(H,23,27)(H,24,30)(H,25,31)(H,28,29)(H,32,33). The maximum atomic E-state index is 12.9. The number of benzene rings is 1. The van der Waals surface area contributed by atoms with Gasteiger partial charge in [0.15, 0.2) is 0 Å². The van der Waals surface area contributed by atoms with E-state index in [4.69, 9.17) is 21.1 Å². The highest BCUT2D eigenvalue weighted by Gasteiger charge is 2.31. The summed E-state index contributed by atoms with van der Waals surface area (Å²) in [4.78, 5) is 62.5. The molecule has 0 aliphatic heterocycles. The molecule has 0 saturated heterocycles. The maximum absolute atomic E-state index is 12.9. The van der Waals surface area contributed by atoms with Crippen molar-refractivity contribution in [1.82, 2.24) is 20.9 Å². The summed E-state index contributed by atoms with van der Waals surface area (Å²) in [6, 6.07) is 2.67. The number of rotatable bonds is 12. The van der Waals surface area contributed by atoms with Crippen LogP contribution in [0.25, 0.3) is 10.9 Å². The minimum Gasteiger partial charge on any atom is -0.481 e. The molecule has 1 heterocycles.